The van der Waals surface area contributed by atoms with Gasteiger partial charge in [-0.3, -0.25) is 0 Å². The molecule has 110 heavy (non-hydrogen) atoms. The van der Waals surface area contributed by atoms with E-state index in [0.29, 0.717) is 0 Å². The van der Waals surface area contributed by atoms with Crippen LogP contribution in [0.15, 0.2) is 388 Å². The van der Waals surface area contributed by atoms with E-state index in [9.17, 15) is 0 Å². The zero-order valence-electron chi connectivity index (χ0n) is 62.0. The Bertz CT molecular complexity index is 7170. The first-order valence-corrected chi connectivity index (χ1v) is 38.7. The van der Waals surface area contributed by atoms with Crippen molar-refractivity contribution < 1.29 is 0 Å². The van der Waals surface area contributed by atoms with Gasteiger partial charge in [0.25, 0.3) is 0 Å². The Morgan fingerprint density at radius 2 is 0.427 bits per heavy atom. The zero-order valence-corrected chi connectivity index (χ0v) is 62.0. The number of fused-ring (bicyclic) bond motifs is 16. The average molecular weight is 1400 g/mol. The molecule has 0 radical (unpaired) electrons. The normalized spacial score (nSPS) is 13.1. The molecule has 0 amide bonds. The molecule has 20 aromatic carbocycles. The van der Waals surface area contributed by atoms with Gasteiger partial charge in [0.2, 0.25) is 0 Å². The molecule has 0 saturated carbocycles. The summed E-state index contributed by atoms with van der Waals surface area (Å²) in [5.74, 6) is 0. The van der Waals surface area contributed by atoms with Crippen molar-refractivity contribution in [2.24, 2.45) is 0 Å². The van der Waals surface area contributed by atoms with E-state index in [1.165, 1.54) is 220 Å². The van der Waals surface area contributed by atoms with Crippen molar-refractivity contribution >= 4 is 86.2 Å². The SMILES string of the molecule is CC1(C)c2ccccc2-c2ccc(-c3ccc4c(-c5ccc(-c6ccccc6)cc5)c5ccccc5c(-c5cc6ccccc6c6ccccc56)c4c3)cc21.CC1(C)c2ccccc2-c2ccc(-c3ccc4c(-c5cccc(-c6ccccc6)c5)c5ccccc5c(-c5cc6ccccc6c6ccccc56)c4c3)cc21. The quantitative estimate of drug-likeness (QED) is 0.105. The van der Waals surface area contributed by atoms with Gasteiger partial charge < -0.3 is 0 Å². The Balaban J connectivity index is 0.000000140. The van der Waals surface area contributed by atoms with Crippen LogP contribution in [0.5, 0.6) is 0 Å². The van der Waals surface area contributed by atoms with Crippen LogP contribution >= 0.6 is 0 Å². The fourth-order valence-corrected chi connectivity index (χ4v) is 19.2. The van der Waals surface area contributed by atoms with Crippen molar-refractivity contribution in [2.75, 3.05) is 0 Å². The van der Waals surface area contributed by atoms with Gasteiger partial charge in [0.15, 0.2) is 0 Å². The molecule has 0 bridgehead atoms. The summed E-state index contributed by atoms with van der Waals surface area (Å²) in [6.07, 6.45) is 0. The molecule has 20 aromatic rings. The summed E-state index contributed by atoms with van der Waals surface area (Å²) in [6, 6.07) is 145. The monoisotopic (exact) mass is 1400 g/mol. The lowest BCUT2D eigenvalue weighted by Gasteiger charge is -2.22. The molecule has 0 N–H and O–H groups in total. The standard InChI is InChI=1S/2C55H38/c1-55(2)51-26-13-12-23-44(51)45-29-27-38(34-52(45)55)37-28-30-48-50(32-37)54(49-33-39-17-6-7-20-41(39)42-21-8-9-22-43(42)49)47-25-11-10-24-46(47)53(48)40-19-14-18-36(31-40)35-15-4-3-5-16-35;1-55(2)51-23-13-12-20-44(51)45-30-28-39(34-52(45)55)38-29-31-48-50(32-38)54(49-33-40-16-6-7-17-41(40)42-18-8-9-19-43(42)49)47-22-11-10-21-46(47)53(48)37-26-24-36(25-27-37)35-14-4-3-5-15-35/h2*3-34H,1-2H3. The summed E-state index contributed by atoms with van der Waals surface area (Å²) in [5.41, 5.74) is 30.8. The van der Waals surface area contributed by atoms with Gasteiger partial charge in [-0.05, 0) is 262 Å². The topological polar surface area (TPSA) is 0 Å². The third-order valence-corrected chi connectivity index (χ3v) is 24.5. The lowest BCUT2D eigenvalue weighted by molar-refractivity contribution is 0.660. The summed E-state index contributed by atoms with van der Waals surface area (Å²) in [6.45, 7) is 9.47. The third kappa shape index (κ3) is 10.3. The minimum absolute atomic E-state index is 0.0662. The predicted octanol–water partition coefficient (Wildman–Crippen LogP) is 30.5. The first-order valence-electron chi connectivity index (χ1n) is 38.7. The maximum atomic E-state index is 2.47. The van der Waals surface area contributed by atoms with Gasteiger partial charge in [0.1, 0.15) is 0 Å². The van der Waals surface area contributed by atoms with Crippen LogP contribution in [0.25, 0.3) is 197 Å². The van der Waals surface area contributed by atoms with E-state index in [1.54, 1.807) is 0 Å². The van der Waals surface area contributed by atoms with Crippen molar-refractivity contribution in [3.8, 4) is 111 Å². The van der Waals surface area contributed by atoms with Crippen LogP contribution in [0.2, 0.25) is 0 Å². The molecule has 0 atom stereocenters. The van der Waals surface area contributed by atoms with Gasteiger partial charge in [-0.2, -0.15) is 0 Å². The average Bonchev–Trinajstić information content (AvgIpc) is 0.973. The molecule has 516 valence electrons. The second-order valence-electron chi connectivity index (χ2n) is 31.2. The van der Waals surface area contributed by atoms with Gasteiger partial charge in [-0.1, -0.05) is 373 Å². The zero-order chi connectivity index (χ0) is 73.3. The van der Waals surface area contributed by atoms with Crippen molar-refractivity contribution in [3.63, 3.8) is 0 Å². The summed E-state index contributed by atoms with van der Waals surface area (Å²) in [7, 11) is 0. The lowest BCUT2D eigenvalue weighted by Crippen LogP contribution is -2.14. The van der Waals surface area contributed by atoms with Crippen molar-refractivity contribution in [3.05, 3.63) is 411 Å². The molecular weight excluding hydrogens is 1320 g/mol. The summed E-state index contributed by atoms with van der Waals surface area (Å²) >= 11 is 0. The van der Waals surface area contributed by atoms with Gasteiger partial charge in [0.05, 0.1) is 0 Å². The van der Waals surface area contributed by atoms with Crippen molar-refractivity contribution in [2.45, 2.75) is 38.5 Å². The first-order chi connectivity index (χ1) is 54.1. The molecule has 0 nitrogen and oxygen atoms in total. The maximum absolute atomic E-state index is 2.47. The van der Waals surface area contributed by atoms with Crippen molar-refractivity contribution in [1.82, 2.24) is 0 Å². The van der Waals surface area contributed by atoms with Gasteiger partial charge in [0, 0.05) is 10.8 Å². The predicted molar refractivity (Wildman–Crippen MR) is 472 cm³/mol. The Morgan fingerprint density at radius 1 is 0.136 bits per heavy atom. The minimum atomic E-state index is -0.0684. The molecule has 0 aromatic heterocycles. The van der Waals surface area contributed by atoms with Gasteiger partial charge in [-0.25, -0.2) is 0 Å². The highest BCUT2D eigenvalue weighted by molar-refractivity contribution is 6.28. The Morgan fingerprint density at radius 3 is 0.900 bits per heavy atom. The van der Waals surface area contributed by atoms with Crippen LogP contribution in [-0.2, 0) is 10.8 Å². The minimum Gasteiger partial charge on any atom is -0.0622 e. The molecular formula is C110H76. The summed E-state index contributed by atoms with van der Waals surface area (Å²) in [4.78, 5) is 0. The van der Waals surface area contributed by atoms with Crippen LogP contribution in [0.1, 0.15) is 49.9 Å². The van der Waals surface area contributed by atoms with E-state index < -0.39 is 0 Å². The molecule has 2 aliphatic rings. The fraction of sp³-hybridized carbons (Fsp3) is 0.0545. The number of hydrogen-bond donors (Lipinski definition) is 0. The second-order valence-corrected chi connectivity index (χ2v) is 31.2. The Kier molecular flexibility index (Phi) is 15.1. The molecule has 0 fully saturated rings. The highest BCUT2D eigenvalue weighted by Gasteiger charge is 2.37. The molecule has 0 heteroatoms. The summed E-state index contributed by atoms with van der Waals surface area (Å²) < 4.78 is 0. The fourth-order valence-electron chi connectivity index (χ4n) is 19.2. The number of rotatable bonds is 8. The van der Waals surface area contributed by atoms with E-state index in [0.717, 1.165) is 0 Å². The third-order valence-electron chi connectivity index (χ3n) is 24.5. The van der Waals surface area contributed by atoms with E-state index in [1.807, 2.05) is 0 Å². The molecule has 0 spiro atoms. The molecule has 0 aliphatic heterocycles. The van der Waals surface area contributed by atoms with Crippen LogP contribution in [-0.4, -0.2) is 0 Å². The van der Waals surface area contributed by atoms with Crippen molar-refractivity contribution in [1.29, 1.82) is 0 Å². The second kappa shape index (κ2) is 25.6. The van der Waals surface area contributed by atoms with E-state index >= 15 is 0 Å². The highest BCUT2D eigenvalue weighted by Crippen LogP contribution is 2.55. The smallest absolute Gasteiger partial charge is 0.0159 e. The molecule has 22 rings (SSSR count). The largest absolute Gasteiger partial charge is 0.0622 e. The Labute approximate surface area is 642 Å². The molecule has 2 aliphatic carbocycles. The molecule has 0 heterocycles. The van der Waals surface area contributed by atoms with Crippen LogP contribution in [0.3, 0.4) is 0 Å². The number of benzene rings is 20. The van der Waals surface area contributed by atoms with Gasteiger partial charge in [-0.15, -0.1) is 0 Å². The van der Waals surface area contributed by atoms with E-state index in [4.69, 9.17) is 0 Å². The lowest BCUT2D eigenvalue weighted by atomic mass is 9.81. The molecule has 0 saturated heterocycles. The summed E-state index contributed by atoms with van der Waals surface area (Å²) in [5, 5.41) is 20.3. The number of hydrogen-bond acceptors (Lipinski definition) is 0. The van der Waals surface area contributed by atoms with Crippen LogP contribution in [0.4, 0.5) is 0 Å². The molecule has 0 unspecified atom stereocenters. The highest BCUT2D eigenvalue weighted by atomic mass is 14.4. The Hall–Kier alpha value is -13.5. The van der Waals surface area contributed by atoms with E-state index in [-0.39, 0.29) is 10.8 Å². The van der Waals surface area contributed by atoms with Gasteiger partial charge >= 0.3 is 0 Å². The van der Waals surface area contributed by atoms with Crippen LogP contribution < -0.4 is 0 Å². The maximum Gasteiger partial charge on any atom is 0.0159 e. The van der Waals surface area contributed by atoms with E-state index in [2.05, 4.69) is 416 Å². The van der Waals surface area contributed by atoms with Crippen LogP contribution in [0, 0.1) is 0 Å². The first kappa shape index (κ1) is 64.8.